The molecule has 0 aliphatic rings. The maximum absolute atomic E-state index is 13.3. The van der Waals surface area contributed by atoms with Crippen LogP contribution in [0.4, 0.5) is 10.1 Å². The van der Waals surface area contributed by atoms with E-state index in [1.807, 2.05) is 0 Å². The quantitative estimate of drug-likeness (QED) is 0.840. The number of rotatable bonds is 4. The summed E-state index contributed by atoms with van der Waals surface area (Å²) in [4.78, 5) is 11.1. The maximum Gasteiger partial charge on any atom is 0.341 e. The molecular formula is C14H12FNO4. The summed E-state index contributed by atoms with van der Waals surface area (Å²) in [5, 5.41) is 9.08. The largest absolute Gasteiger partial charge is 0.497 e. The first-order valence-electron chi connectivity index (χ1n) is 5.66. The number of hydrogen-bond acceptors (Lipinski definition) is 4. The first-order chi connectivity index (χ1) is 9.52. The summed E-state index contributed by atoms with van der Waals surface area (Å²) in [6.45, 7) is 0. The normalized spacial score (nSPS) is 10.1. The van der Waals surface area contributed by atoms with Crippen LogP contribution in [0.3, 0.4) is 0 Å². The smallest absolute Gasteiger partial charge is 0.341 e. The van der Waals surface area contributed by atoms with Gasteiger partial charge in [-0.25, -0.2) is 9.18 Å². The van der Waals surface area contributed by atoms with Crippen LogP contribution in [0.2, 0.25) is 0 Å². The lowest BCUT2D eigenvalue weighted by atomic mass is 10.1. The molecule has 0 atom stereocenters. The van der Waals surface area contributed by atoms with E-state index in [1.165, 1.54) is 13.2 Å². The number of benzene rings is 2. The number of ether oxygens (including phenoxy) is 2. The first kappa shape index (κ1) is 13.7. The molecule has 2 rings (SSSR count). The van der Waals surface area contributed by atoms with Crippen molar-refractivity contribution in [1.82, 2.24) is 0 Å². The standard InChI is InChI=1S/C14H12FNO4/c1-19-8-2-4-9(5-3-8)20-11-7-6-10(15)13(16)12(11)14(17)18/h2-7H,16H2,1H3,(H,17,18). The van der Waals surface area contributed by atoms with E-state index in [0.29, 0.717) is 11.5 Å². The van der Waals surface area contributed by atoms with E-state index >= 15 is 0 Å². The molecule has 5 nitrogen and oxygen atoms in total. The summed E-state index contributed by atoms with van der Waals surface area (Å²) >= 11 is 0. The Bertz CT molecular complexity index is 640. The molecule has 0 unspecified atom stereocenters. The van der Waals surface area contributed by atoms with Crippen molar-refractivity contribution in [3.63, 3.8) is 0 Å². The number of carboxylic acids is 1. The van der Waals surface area contributed by atoms with Gasteiger partial charge in [-0.2, -0.15) is 0 Å². The van der Waals surface area contributed by atoms with E-state index in [0.717, 1.165) is 6.07 Å². The Labute approximate surface area is 114 Å². The summed E-state index contributed by atoms with van der Waals surface area (Å²) in [7, 11) is 1.53. The molecule has 104 valence electrons. The van der Waals surface area contributed by atoms with Gasteiger partial charge in [0.05, 0.1) is 12.8 Å². The lowest BCUT2D eigenvalue weighted by molar-refractivity contribution is 0.0695. The highest BCUT2D eigenvalue weighted by molar-refractivity contribution is 5.97. The average molecular weight is 277 g/mol. The van der Waals surface area contributed by atoms with Gasteiger partial charge in [0.2, 0.25) is 0 Å². The van der Waals surface area contributed by atoms with Gasteiger partial charge >= 0.3 is 5.97 Å². The van der Waals surface area contributed by atoms with Gasteiger partial charge in [0.25, 0.3) is 0 Å². The number of aromatic carboxylic acids is 1. The van der Waals surface area contributed by atoms with Crippen LogP contribution < -0.4 is 15.2 Å². The SMILES string of the molecule is COc1ccc(Oc2ccc(F)c(N)c2C(=O)O)cc1. The molecule has 0 spiro atoms. The van der Waals surface area contributed by atoms with Gasteiger partial charge < -0.3 is 20.3 Å². The minimum Gasteiger partial charge on any atom is -0.497 e. The average Bonchev–Trinajstić information content (AvgIpc) is 2.43. The summed E-state index contributed by atoms with van der Waals surface area (Å²) in [5.41, 5.74) is 4.57. The van der Waals surface area contributed by atoms with Crippen LogP contribution in [-0.2, 0) is 0 Å². The zero-order valence-electron chi connectivity index (χ0n) is 10.6. The van der Waals surface area contributed by atoms with E-state index in [1.54, 1.807) is 24.3 Å². The molecule has 0 aliphatic carbocycles. The van der Waals surface area contributed by atoms with Crippen molar-refractivity contribution in [1.29, 1.82) is 0 Å². The number of methoxy groups -OCH3 is 1. The van der Waals surface area contributed by atoms with Gasteiger partial charge in [0, 0.05) is 0 Å². The number of halogens is 1. The molecule has 2 aromatic rings. The Balaban J connectivity index is 2.37. The molecule has 6 heteroatoms. The predicted molar refractivity (Wildman–Crippen MR) is 70.8 cm³/mol. The second-order valence-corrected chi connectivity index (χ2v) is 3.92. The molecule has 0 bridgehead atoms. The van der Waals surface area contributed by atoms with Gasteiger partial charge in [-0.1, -0.05) is 0 Å². The molecule has 0 amide bonds. The van der Waals surface area contributed by atoms with Crippen LogP contribution in [0.5, 0.6) is 17.2 Å². The lowest BCUT2D eigenvalue weighted by Crippen LogP contribution is -2.07. The van der Waals surface area contributed by atoms with Crippen molar-refractivity contribution >= 4 is 11.7 Å². The third-order valence-electron chi connectivity index (χ3n) is 2.66. The monoisotopic (exact) mass is 277 g/mol. The van der Waals surface area contributed by atoms with E-state index in [-0.39, 0.29) is 5.75 Å². The van der Waals surface area contributed by atoms with Crippen LogP contribution in [-0.4, -0.2) is 18.2 Å². The van der Waals surface area contributed by atoms with Gasteiger partial charge in [0.1, 0.15) is 28.6 Å². The van der Waals surface area contributed by atoms with Gasteiger partial charge in [-0.15, -0.1) is 0 Å². The highest BCUT2D eigenvalue weighted by atomic mass is 19.1. The summed E-state index contributed by atoms with van der Waals surface area (Å²) < 4.78 is 23.7. The topological polar surface area (TPSA) is 81.8 Å². The molecule has 0 aromatic heterocycles. The summed E-state index contributed by atoms with van der Waals surface area (Å²) in [5.74, 6) is -1.16. The third kappa shape index (κ3) is 2.64. The van der Waals surface area contributed by atoms with Crippen molar-refractivity contribution in [3.05, 3.63) is 47.8 Å². The highest BCUT2D eigenvalue weighted by Crippen LogP contribution is 2.31. The van der Waals surface area contributed by atoms with E-state index in [9.17, 15) is 9.18 Å². The van der Waals surface area contributed by atoms with Gasteiger partial charge in [0.15, 0.2) is 0 Å². The second-order valence-electron chi connectivity index (χ2n) is 3.92. The summed E-state index contributed by atoms with van der Waals surface area (Å²) in [6, 6.07) is 8.79. The molecule has 0 heterocycles. The van der Waals surface area contributed by atoms with Crippen molar-refractivity contribution in [2.24, 2.45) is 0 Å². The van der Waals surface area contributed by atoms with Crippen LogP contribution in [0.25, 0.3) is 0 Å². The van der Waals surface area contributed by atoms with E-state index in [2.05, 4.69) is 0 Å². The zero-order valence-corrected chi connectivity index (χ0v) is 10.6. The van der Waals surface area contributed by atoms with E-state index in [4.69, 9.17) is 20.3 Å². The number of anilines is 1. The zero-order chi connectivity index (χ0) is 14.7. The maximum atomic E-state index is 13.3. The second kappa shape index (κ2) is 5.48. The molecule has 3 N–H and O–H groups in total. The molecule has 0 saturated heterocycles. The first-order valence-corrected chi connectivity index (χ1v) is 5.66. The summed E-state index contributed by atoms with van der Waals surface area (Å²) in [6.07, 6.45) is 0. The van der Waals surface area contributed by atoms with Crippen LogP contribution in [0.1, 0.15) is 10.4 Å². The van der Waals surface area contributed by atoms with Crippen molar-refractivity contribution in [2.45, 2.75) is 0 Å². The molecule has 20 heavy (non-hydrogen) atoms. The molecule has 0 fully saturated rings. The molecule has 0 aliphatic heterocycles. The minimum atomic E-state index is -1.36. The van der Waals surface area contributed by atoms with Crippen LogP contribution >= 0.6 is 0 Å². The number of carboxylic acid groups (broad SMARTS) is 1. The lowest BCUT2D eigenvalue weighted by Gasteiger charge is -2.11. The Morgan fingerprint density at radius 2 is 1.75 bits per heavy atom. The van der Waals surface area contributed by atoms with Crippen molar-refractivity contribution in [3.8, 4) is 17.2 Å². The number of hydrogen-bond donors (Lipinski definition) is 2. The number of carbonyl (C=O) groups is 1. The molecular weight excluding hydrogens is 265 g/mol. The van der Waals surface area contributed by atoms with Crippen molar-refractivity contribution in [2.75, 3.05) is 12.8 Å². The fraction of sp³-hybridized carbons (Fsp3) is 0.0714. The number of nitrogen functional groups attached to an aromatic ring is 1. The molecule has 2 aromatic carbocycles. The Morgan fingerprint density at radius 3 is 2.30 bits per heavy atom. The van der Waals surface area contributed by atoms with Crippen molar-refractivity contribution < 1.29 is 23.8 Å². The minimum absolute atomic E-state index is 0.0263. The van der Waals surface area contributed by atoms with Crippen LogP contribution in [0, 0.1) is 5.82 Å². The Morgan fingerprint density at radius 1 is 1.15 bits per heavy atom. The number of nitrogens with two attached hydrogens (primary N) is 1. The third-order valence-corrected chi connectivity index (χ3v) is 2.66. The van der Waals surface area contributed by atoms with E-state index < -0.39 is 23.0 Å². The van der Waals surface area contributed by atoms with Gasteiger partial charge in [-0.3, -0.25) is 0 Å². The van der Waals surface area contributed by atoms with Gasteiger partial charge in [-0.05, 0) is 36.4 Å². The fourth-order valence-corrected chi connectivity index (χ4v) is 1.65. The fourth-order valence-electron chi connectivity index (χ4n) is 1.65. The molecule has 0 saturated carbocycles. The highest BCUT2D eigenvalue weighted by Gasteiger charge is 2.19. The Hall–Kier alpha value is -2.76. The molecule has 0 radical (unpaired) electrons. The Kier molecular flexibility index (Phi) is 3.74. The van der Waals surface area contributed by atoms with Crippen LogP contribution in [0.15, 0.2) is 36.4 Å². The predicted octanol–water partition coefficient (Wildman–Crippen LogP) is 2.91.